The zero-order valence-corrected chi connectivity index (χ0v) is 14.8. The van der Waals surface area contributed by atoms with Gasteiger partial charge in [-0.2, -0.15) is 0 Å². The molecular weight excluding hydrogens is 350 g/mol. The maximum absolute atomic E-state index is 6.05. The van der Waals surface area contributed by atoms with E-state index in [1.165, 1.54) is 5.56 Å². The van der Waals surface area contributed by atoms with Gasteiger partial charge in [-0.1, -0.05) is 58.2 Å². The Kier molecular flexibility index (Phi) is 5.68. The average molecular weight is 369 g/mol. The van der Waals surface area contributed by atoms with Crippen molar-refractivity contribution in [1.82, 2.24) is 5.32 Å². The van der Waals surface area contributed by atoms with Crippen LogP contribution in [0, 0.1) is 6.92 Å². The predicted octanol–water partition coefficient (Wildman–Crippen LogP) is 5.12. The zero-order valence-electron chi connectivity index (χ0n) is 12.4. The van der Waals surface area contributed by atoms with Crippen molar-refractivity contribution in [2.45, 2.75) is 19.9 Å². The smallest absolute Gasteiger partial charge is 0.124 e. The summed E-state index contributed by atoms with van der Waals surface area (Å²) in [7, 11) is 1.70. The molecule has 0 aliphatic heterocycles. The quantitative estimate of drug-likeness (QED) is 0.791. The molecule has 0 fully saturated rings. The minimum absolute atomic E-state index is 0.0523. The maximum atomic E-state index is 6.05. The second-order valence-electron chi connectivity index (χ2n) is 4.90. The van der Waals surface area contributed by atoms with E-state index in [1.807, 2.05) is 24.3 Å². The van der Waals surface area contributed by atoms with Crippen LogP contribution in [-0.4, -0.2) is 13.7 Å². The summed E-state index contributed by atoms with van der Waals surface area (Å²) in [5.41, 5.74) is 3.48. The van der Waals surface area contributed by atoms with Crippen LogP contribution in [0.3, 0.4) is 0 Å². The molecule has 21 heavy (non-hydrogen) atoms. The van der Waals surface area contributed by atoms with Gasteiger partial charge < -0.3 is 10.1 Å². The van der Waals surface area contributed by atoms with Gasteiger partial charge in [0.05, 0.1) is 13.2 Å². The van der Waals surface area contributed by atoms with E-state index in [-0.39, 0.29) is 6.04 Å². The normalized spacial score (nSPS) is 12.2. The third-order valence-electron chi connectivity index (χ3n) is 3.38. The Morgan fingerprint density at radius 1 is 1.19 bits per heavy atom. The average Bonchev–Trinajstić information content (AvgIpc) is 2.45. The summed E-state index contributed by atoms with van der Waals surface area (Å²) in [5, 5.41) is 4.24. The second-order valence-corrected chi connectivity index (χ2v) is 6.19. The van der Waals surface area contributed by atoms with Gasteiger partial charge in [-0.3, -0.25) is 0 Å². The highest BCUT2D eigenvalue weighted by atomic mass is 79.9. The van der Waals surface area contributed by atoms with Gasteiger partial charge in [0.2, 0.25) is 0 Å². The van der Waals surface area contributed by atoms with Crippen LogP contribution in [0.4, 0.5) is 0 Å². The van der Waals surface area contributed by atoms with E-state index in [9.17, 15) is 0 Å². The first kappa shape index (κ1) is 16.3. The fraction of sp³-hybridized carbons (Fsp3) is 0.294. The Bertz CT molecular complexity index is 630. The zero-order chi connectivity index (χ0) is 15.4. The molecule has 0 amide bonds. The maximum Gasteiger partial charge on any atom is 0.124 e. The van der Waals surface area contributed by atoms with Crippen molar-refractivity contribution in [2.75, 3.05) is 13.7 Å². The Labute approximate surface area is 139 Å². The molecule has 0 aliphatic rings. The number of ether oxygens (including phenoxy) is 1. The van der Waals surface area contributed by atoms with Gasteiger partial charge in [0.25, 0.3) is 0 Å². The Balaban J connectivity index is 2.55. The van der Waals surface area contributed by atoms with Gasteiger partial charge in [0.15, 0.2) is 0 Å². The number of nitrogens with one attached hydrogen (secondary N) is 1. The summed E-state index contributed by atoms with van der Waals surface area (Å²) in [6.07, 6.45) is 0. The molecule has 1 N–H and O–H groups in total. The van der Waals surface area contributed by atoms with Crippen molar-refractivity contribution in [3.63, 3.8) is 0 Å². The van der Waals surface area contributed by atoms with Crippen molar-refractivity contribution in [1.29, 1.82) is 0 Å². The van der Waals surface area contributed by atoms with Gasteiger partial charge in [0.1, 0.15) is 5.75 Å². The van der Waals surface area contributed by atoms with Gasteiger partial charge in [0, 0.05) is 15.1 Å². The Hall–Kier alpha value is -1.03. The molecule has 2 rings (SSSR count). The first-order valence-electron chi connectivity index (χ1n) is 6.89. The standard InChI is InChI=1S/C17H19BrClNO/c1-4-20-17(13-7-6-12(19)10-15(13)18)14-9-11(2)5-8-16(14)21-3/h5-10,17,20H,4H2,1-3H3. The van der Waals surface area contributed by atoms with Crippen LogP contribution in [0.5, 0.6) is 5.75 Å². The van der Waals surface area contributed by atoms with E-state index >= 15 is 0 Å². The van der Waals surface area contributed by atoms with Crippen LogP contribution in [0.1, 0.15) is 29.7 Å². The number of methoxy groups -OCH3 is 1. The molecule has 1 unspecified atom stereocenters. The van der Waals surface area contributed by atoms with Crippen molar-refractivity contribution < 1.29 is 4.74 Å². The molecule has 0 saturated heterocycles. The van der Waals surface area contributed by atoms with E-state index < -0.39 is 0 Å². The molecule has 0 saturated carbocycles. The molecule has 0 aliphatic carbocycles. The van der Waals surface area contributed by atoms with E-state index in [1.54, 1.807) is 7.11 Å². The summed E-state index contributed by atoms with van der Waals surface area (Å²) >= 11 is 9.67. The van der Waals surface area contributed by atoms with Crippen molar-refractivity contribution in [2.24, 2.45) is 0 Å². The number of rotatable bonds is 5. The van der Waals surface area contributed by atoms with Crippen LogP contribution < -0.4 is 10.1 Å². The molecule has 0 spiro atoms. The molecule has 2 aromatic carbocycles. The summed E-state index contributed by atoms with van der Waals surface area (Å²) < 4.78 is 6.52. The predicted molar refractivity (Wildman–Crippen MR) is 92.4 cm³/mol. The minimum atomic E-state index is 0.0523. The third-order valence-corrected chi connectivity index (χ3v) is 4.30. The lowest BCUT2D eigenvalue weighted by atomic mass is 9.96. The molecular formula is C17H19BrClNO. The van der Waals surface area contributed by atoms with E-state index in [0.717, 1.165) is 32.9 Å². The van der Waals surface area contributed by atoms with Crippen LogP contribution in [0.25, 0.3) is 0 Å². The molecule has 2 nitrogen and oxygen atoms in total. The van der Waals surface area contributed by atoms with E-state index in [4.69, 9.17) is 16.3 Å². The first-order chi connectivity index (χ1) is 10.1. The number of hydrogen-bond donors (Lipinski definition) is 1. The lowest BCUT2D eigenvalue weighted by molar-refractivity contribution is 0.404. The minimum Gasteiger partial charge on any atom is -0.496 e. The highest BCUT2D eigenvalue weighted by molar-refractivity contribution is 9.10. The van der Waals surface area contributed by atoms with Gasteiger partial charge in [-0.25, -0.2) is 0 Å². The molecule has 0 heterocycles. The number of benzene rings is 2. The summed E-state index contributed by atoms with van der Waals surface area (Å²) in [4.78, 5) is 0. The van der Waals surface area contributed by atoms with Crippen LogP contribution >= 0.6 is 27.5 Å². The first-order valence-corrected chi connectivity index (χ1v) is 8.06. The molecule has 4 heteroatoms. The molecule has 112 valence electrons. The SMILES string of the molecule is CCNC(c1ccc(Cl)cc1Br)c1cc(C)ccc1OC. The molecule has 0 bridgehead atoms. The van der Waals surface area contributed by atoms with Crippen LogP contribution in [0.15, 0.2) is 40.9 Å². The van der Waals surface area contributed by atoms with Crippen LogP contribution in [0.2, 0.25) is 5.02 Å². The highest BCUT2D eigenvalue weighted by Crippen LogP contribution is 2.35. The highest BCUT2D eigenvalue weighted by Gasteiger charge is 2.20. The molecule has 0 aromatic heterocycles. The number of aryl methyl sites for hydroxylation is 1. The summed E-state index contributed by atoms with van der Waals surface area (Å²) in [6.45, 7) is 5.04. The number of halogens is 2. The third kappa shape index (κ3) is 3.79. The van der Waals surface area contributed by atoms with E-state index in [2.05, 4.69) is 47.2 Å². The lowest BCUT2D eigenvalue weighted by Gasteiger charge is -2.23. The van der Waals surface area contributed by atoms with Crippen molar-refractivity contribution in [3.8, 4) is 5.75 Å². The largest absolute Gasteiger partial charge is 0.496 e. The van der Waals surface area contributed by atoms with Crippen molar-refractivity contribution >= 4 is 27.5 Å². The van der Waals surface area contributed by atoms with Gasteiger partial charge in [-0.15, -0.1) is 0 Å². The molecule has 0 radical (unpaired) electrons. The molecule has 2 aromatic rings. The van der Waals surface area contributed by atoms with Gasteiger partial charge in [-0.05, 0) is 37.2 Å². The number of hydrogen-bond acceptors (Lipinski definition) is 2. The fourth-order valence-electron chi connectivity index (χ4n) is 2.41. The Morgan fingerprint density at radius 2 is 1.95 bits per heavy atom. The van der Waals surface area contributed by atoms with Crippen molar-refractivity contribution in [3.05, 3.63) is 62.6 Å². The van der Waals surface area contributed by atoms with E-state index in [0.29, 0.717) is 0 Å². The summed E-state index contributed by atoms with van der Waals surface area (Å²) in [5.74, 6) is 0.883. The lowest BCUT2D eigenvalue weighted by Crippen LogP contribution is -2.23. The monoisotopic (exact) mass is 367 g/mol. The summed E-state index contributed by atoms with van der Waals surface area (Å²) in [6, 6.07) is 12.2. The molecule has 1 atom stereocenters. The fourth-order valence-corrected chi connectivity index (χ4v) is 3.32. The topological polar surface area (TPSA) is 21.3 Å². The van der Waals surface area contributed by atoms with Gasteiger partial charge >= 0.3 is 0 Å². The Morgan fingerprint density at radius 3 is 2.57 bits per heavy atom. The second kappa shape index (κ2) is 7.30. The van der Waals surface area contributed by atoms with Crippen LogP contribution in [-0.2, 0) is 0 Å².